The van der Waals surface area contributed by atoms with Gasteiger partial charge in [-0.1, -0.05) is 0 Å². The highest BCUT2D eigenvalue weighted by atomic mass is 32.2. The second kappa shape index (κ2) is 7.07. The lowest BCUT2D eigenvalue weighted by Crippen LogP contribution is -2.43. The molecule has 7 heteroatoms. The summed E-state index contributed by atoms with van der Waals surface area (Å²) in [4.78, 5) is 1.95. The zero-order valence-corrected chi connectivity index (χ0v) is 12.6. The normalized spacial score (nSPS) is 24.2. The molecule has 0 radical (unpaired) electrons. The Bertz CT molecular complexity index is 577. The number of sulfone groups is 1. The van der Waals surface area contributed by atoms with Gasteiger partial charge in [0.05, 0.1) is 42.5 Å². The number of unbranched alkanes of at least 4 members (excludes halogenated alkanes) is 2. The first-order valence-electron chi connectivity index (χ1n) is 7.04. The lowest BCUT2D eigenvalue weighted by molar-refractivity contribution is 0.0726. The van der Waals surface area contributed by atoms with Crippen molar-refractivity contribution in [2.45, 2.75) is 38.0 Å². The van der Waals surface area contributed by atoms with Crippen LogP contribution in [-0.2, 0) is 16.4 Å². The van der Waals surface area contributed by atoms with Crippen LogP contribution in [0.2, 0.25) is 0 Å². The van der Waals surface area contributed by atoms with Gasteiger partial charge in [0.15, 0.2) is 9.84 Å². The topological polar surface area (TPSA) is 94.5 Å². The van der Waals surface area contributed by atoms with Crippen LogP contribution < -0.4 is 0 Å². The maximum Gasteiger partial charge on any atom is 0.154 e. The molecule has 1 aromatic rings. The Balaban J connectivity index is 2.02. The average molecular weight is 312 g/mol. The summed E-state index contributed by atoms with van der Waals surface area (Å²) in [5.74, 6) is 0.546. The average Bonchev–Trinajstić information content (AvgIpc) is 3.00. The summed E-state index contributed by atoms with van der Waals surface area (Å²) in [5, 5.41) is 18.6. The van der Waals surface area contributed by atoms with E-state index in [1.54, 1.807) is 12.3 Å². The third-order valence-corrected chi connectivity index (χ3v) is 5.38. The van der Waals surface area contributed by atoms with E-state index in [-0.39, 0.29) is 11.5 Å². The highest BCUT2D eigenvalue weighted by Crippen LogP contribution is 2.21. The number of hydrogen-bond donors (Lipinski definition) is 1. The van der Waals surface area contributed by atoms with E-state index < -0.39 is 22.0 Å². The molecule has 0 amide bonds. The molecular weight excluding hydrogens is 292 g/mol. The maximum absolute atomic E-state index is 11.7. The summed E-state index contributed by atoms with van der Waals surface area (Å²) in [6.45, 7) is 1.11. The van der Waals surface area contributed by atoms with Crippen LogP contribution in [0, 0.1) is 11.3 Å². The van der Waals surface area contributed by atoms with Gasteiger partial charge < -0.3 is 9.52 Å². The minimum atomic E-state index is -3.18. The van der Waals surface area contributed by atoms with Gasteiger partial charge in [-0.15, -0.1) is 0 Å². The van der Waals surface area contributed by atoms with Gasteiger partial charge in [0, 0.05) is 6.42 Å². The molecule has 1 aliphatic heterocycles. The fraction of sp³-hybridized carbons (Fsp3) is 0.643. The van der Waals surface area contributed by atoms with E-state index in [4.69, 9.17) is 9.68 Å². The quantitative estimate of drug-likeness (QED) is 0.753. The fourth-order valence-corrected chi connectivity index (χ4v) is 4.47. The predicted molar refractivity (Wildman–Crippen MR) is 77.0 cm³/mol. The monoisotopic (exact) mass is 312 g/mol. The maximum atomic E-state index is 11.7. The molecule has 2 unspecified atom stereocenters. The third kappa shape index (κ3) is 4.56. The first kappa shape index (κ1) is 16.0. The summed E-state index contributed by atoms with van der Waals surface area (Å²) in [5.41, 5.74) is 0. The number of aliphatic hydroxyl groups is 1. The van der Waals surface area contributed by atoms with Gasteiger partial charge in [0.25, 0.3) is 0 Å². The van der Waals surface area contributed by atoms with Gasteiger partial charge in [0.2, 0.25) is 0 Å². The molecule has 0 saturated carbocycles. The van der Waals surface area contributed by atoms with E-state index >= 15 is 0 Å². The van der Waals surface area contributed by atoms with E-state index in [0.717, 1.165) is 18.6 Å². The Morgan fingerprint density at radius 2 is 2.24 bits per heavy atom. The second-order valence-corrected chi connectivity index (χ2v) is 7.53. The highest BCUT2D eigenvalue weighted by Gasteiger charge is 2.39. The minimum Gasteiger partial charge on any atom is -0.468 e. The van der Waals surface area contributed by atoms with Crippen molar-refractivity contribution in [3.8, 4) is 6.07 Å². The Kier molecular flexibility index (Phi) is 5.39. The molecule has 116 valence electrons. The van der Waals surface area contributed by atoms with Gasteiger partial charge in [0.1, 0.15) is 5.76 Å². The molecule has 1 fully saturated rings. The largest absolute Gasteiger partial charge is 0.468 e. The summed E-state index contributed by atoms with van der Waals surface area (Å²) < 4.78 is 28.7. The number of rotatable bonds is 7. The van der Waals surface area contributed by atoms with Crippen LogP contribution in [0.4, 0.5) is 0 Å². The number of furan rings is 1. The Morgan fingerprint density at radius 1 is 1.43 bits per heavy atom. The van der Waals surface area contributed by atoms with Crippen molar-refractivity contribution in [3.05, 3.63) is 24.2 Å². The Hall–Kier alpha value is -1.36. The molecule has 1 N–H and O–H groups in total. The Labute approximate surface area is 124 Å². The highest BCUT2D eigenvalue weighted by molar-refractivity contribution is 7.91. The lowest BCUT2D eigenvalue weighted by Gasteiger charge is -2.29. The Morgan fingerprint density at radius 3 is 2.81 bits per heavy atom. The van der Waals surface area contributed by atoms with E-state index in [0.29, 0.717) is 19.5 Å². The fourth-order valence-electron chi connectivity index (χ4n) is 2.64. The van der Waals surface area contributed by atoms with Crippen LogP contribution >= 0.6 is 0 Å². The van der Waals surface area contributed by atoms with Crippen LogP contribution in [0.1, 0.15) is 25.0 Å². The van der Waals surface area contributed by atoms with E-state index in [1.165, 1.54) is 0 Å². The van der Waals surface area contributed by atoms with Gasteiger partial charge in [-0.05, 0) is 31.5 Å². The van der Waals surface area contributed by atoms with Gasteiger partial charge in [-0.2, -0.15) is 5.26 Å². The summed E-state index contributed by atoms with van der Waals surface area (Å²) >= 11 is 0. The molecule has 6 nitrogen and oxygen atoms in total. The van der Waals surface area contributed by atoms with Gasteiger partial charge >= 0.3 is 0 Å². The molecule has 1 aliphatic rings. The van der Waals surface area contributed by atoms with Crippen LogP contribution in [0.15, 0.2) is 22.8 Å². The number of aliphatic hydroxyl groups excluding tert-OH is 1. The SMILES string of the molecule is N#CCCCCN(Cc1ccco1)C1CS(=O)(=O)CC1O. The van der Waals surface area contributed by atoms with Crippen molar-refractivity contribution in [3.63, 3.8) is 0 Å². The van der Waals surface area contributed by atoms with E-state index in [9.17, 15) is 13.5 Å². The minimum absolute atomic E-state index is 0.0207. The van der Waals surface area contributed by atoms with Crippen molar-refractivity contribution >= 4 is 9.84 Å². The first-order chi connectivity index (χ1) is 10.0. The molecule has 2 heterocycles. The van der Waals surface area contributed by atoms with Crippen molar-refractivity contribution in [2.75, 3.05) is 18.1 Å². The molecule has 1 saturated heterocycles. The zero-order chi connectivity index (χ0) is 15.3. The predicted octanol–water partition coefficient (Wildman–Crippen LogP) is 0.933. The van der Waals surface area contributed by atoms with Crippen LogP contribution in [0.3, 0.4) is 0 Å². The van der Waals surface area contributed by atoms with Crippen molar-refractivity contribution < 1.29 is 17.9 Å². The first-order valence-corrected chi connectivity index (χ1v) is 8.86. The summed E-state index contributed by atoms with van der Waals surface area (Å²) in [6.07, 6.45) is 2.75. The molecule has 0 aliphatic carbocycles. The summed E-state index contributed by atoms with van der Waals surface area (Å²) in [7, 11) is -3.18. The number of nitriles is 1. The van der Waals surface area contributed by atoms with E-state index in [1.807, 2.05) is 11.0 Å². The zero-order valence-electron chi connectivity index (χ0n) is 11.8. The summed E-state index contributed by atoms with van der Waals surface area (Å²) in [6, 6.07) is 5.31. The standard InChI is InChI=1S/C14H20N2O4S/c15-6-2-1-3-7-16(9-12-5-4-8-20-12)13-10-21(18,19)11-14(13)17/h4-5,8,13-14,17H,1-3,7,9-11H2. The van der Waals surface area contributed by atoms with Crippen LogP contribution in [0.25, 0.3) is 0 Å². The van der Waals surface area contributed by atoms with Crippen molar-refractivity contribution in [2.24, 2.45) is 0 Å². The van der Waals surface area contributed by atoms with E-state index in [2.05, 4.69) is 6.07 Å². The third-order valence-electron chi connectivity index (χ3n) is 3.69. The molecule has 2 rings (SSSR count). The smallest absolute Gasteiger partial charge is 0.154 e. The van der Waals surface area contributed by atoms with Crippen LogP contribution in [0.5, 0.6) is 0 Å². The second-order valence-electron chi connectivity index (χ2n) is 5.38. The lowest BCUT2D eigenvalue weighted by atomic mass is 10.1. The van der Waals surface area contributed by atoms with Crippen LogP contribution in [-0.4, -0.2) is 48.6 Å². The molecule has 2 atom stereocenters. The molecule has 21 heavy (non-hydrogen) atoms. The molecule has 1 aromatic heterocycles. The number of nitrogens with zero attached hydrogens (tertiary/aromatic N) is 2. The molecule has 0 bridgehead atoms. The number of hydrogen-bond acceptors (Lipinski definition) is 6. The van der Waals surface area contributed by atoms with Crippen molar-refractivity contribution in [1.82, 2.24) is 4.90 Å². The van der Waals surface area contributed by atoms with Gasteiger partial charge in [-0.25, -0.2) is 8.42 Å². The molecule has 0 spiro atoms. The molecular formula is C14H20N2O4S. The van der Waals surface area contributed by atoms with Gasteiger partial charge in [-0.3, -0.25) is 4.90 Å². The van der Waals surface area contributed by atoms with Crippen molar-refractivity contribution in [1.29, 1.82) is 5.26 Å². The molecule has 0 aromatic carbocycles.